The van der Waals surface area contributed by atoms with E-state index < -0.39 is 10.0 Å². The van der Waals surface area contributed by atoms with Gasteiger partial charge in [-0.3, -0.25) is 4.79 Å². The van der Waals surface area contributed by atoms with Crippen LogP contribution in [-0.4, -0.2) is 66.2 Å². The summed E-state index contributed by atoms with van der Waals surface area (Å²) >= 11 is 0. The molecule has 0 saturated carbocycles. The van der Waals surface area contributed by atoms with Crippen LogP contribution >= 0.6 is 0 Å². The number of ether oxygens (including phenoxy) is 2. The Bertz CT molecular complexity index is 718. The van der Waals surface area contributed by atoms with Gasteiger partial charge in [-0.25, -0.2) is 13.1 Å². The van der Waals surface area contributed by atoms with Gasteiger partial charge in [0.2, 0.25) is 15.9 Å². The molecule has 0 radical (unpaired) electrons. The fourth-order valence-electron chi connectivity index (χ4n) is 2.99. The first kappa shape index (κ1) is 21.5. The van der Waals surface area contributed by atoms with E-state index in [1.165, 1.54) is 51.7 Å². The number of sulfonamides is 1. The van der Waals surface area contributed by atoms with Crippen LogP contribution in [0.25, 0.3) is 0 Å². The molecular formula is C18H29N3O5S. The fraction of sp³-hybridized carbons (Fsp3) is 0.611. The first-order chi connectivity index (χ1) is 13.0. The number of hydrogen-bond acceptors (Lipinski definition) is 6. The molecule has 0 bridgehead atoms. The van der Waals surface area contributed by atoms with E-state index in [9.17, 15) is 13.2 Å². The Kier molecular flexibility index (Phi) is 8.33. The van der Waals surface area contributed by atoms with Gasteiger partial charge in [0, 0.05) is 32.1 Å². The summed E-state index contributed by atoms with van der Waals surface area (Å²) in [5.74, 6) is 0.613. The van der Waals surface area contributed by atoms with Gasteiger partial charge in [-0.15, -0.1) is 0 Å². The number of nitrogens with one attached hydrogen (secondary N) is 2. The fourth-order valence-corrected chi connectivity index (χ4v) is 4.04. The van der Waals surface area contributed by atoms with Crippen LogP contribution in [0.3, 0.4) is 0 Å². The summed E-state index contributed by atoms with van der Waals surface area (Å²) in [7, 11) is -0.804. The molecule has 8 nitrogen and oxygen atoms in total. The van der Waals surface area contributed by atoms with Crippen LogP contribution in [-0.2, 0) is 14.8 Å². The molecule has 0 aromatic heterocycles. The average molecular weight is 400 g/mol. The number of benzene rings is 1. The number of likely N-dealkylation sites (tertiary alicyclic amines) is 1. The molecule has 2 N–H and O–H groups in total. The lowest BCUT2D eigenvalue weighted by Crippen LogP contribution is -2.38. The average Bonchev–Trinajstić information content (AvgIpc) is 2.68. The lowest BCUT2D eigenvalue weighted by atomic mass is 10.1. The van der Waals surface area contributed by atoms with Crippen LogP contribution < -0.4 is 19.5 Å². The zero-order valence-corrected chi connectivity index (χ0v) is 16.8. The molecule has 1 saturated heterocycles. The van der Waals surface area contributed by atoms with Gasteiger partial charge in [0.05, 0.1) is 19.1 Å². The summed E-state index contributed by atoms with van der Waals surface area (Å²) in [6.07, 6.45) is 3.80. The lowest BCUT2D eigenvalue weighted by Gasteiger charge is -2.26. The number of carbonyl (C=O) groups is 1. The number of carbonyl (C=O) groups excluding carboxylic acids is 1. The van der Waals surface area contributed by atoms with E-state index in [1.54, 1.807) is 0 Å². The van der Waals surface area contributed by atoms with Crippen molar-refractivity contribution < 1.29 is 22.7 Å². The van der Waals surface area contributed by atoms with Crippen LogP contribution in [0.1, 0.15) is 25.7 Å². The van der Waals surface area contributed by atoms with Crippen LogP contribution in [0, 0.1) is 0 Å². The predicted molar refractivity (Wildman–Crippen MR) is 103 cm³/mol. The molecule has 0 atom stereocenters. The Labute approximate surface area is 161 Å². The van der Waals surface area contributed by atoms with Crippen molar-refractivity contribution in [1.29, 1.82) is 0 Å². The smallest absolute Gasteiger partial charge is 0.240 e. The molecule has 152 valence electrons. The molecule has 0 unspecified atom stereocenters. The Morgan fingerprint density at radius 1 is 1.07 bits per heavy atom. The SMILES string of the molecule is COc1ccc(S(=O)(=O)NCCC(=O)NCCN2CCCCC2)cc1OC. The molecule has 1 fully saturated rings. The van der Waals surface area contributed by atoms with E-state index in [0.29, 0.717) is 18.0 Å². The molecule has 9 heteroatoms. The maximum atomic E-state index is 12.4. The Morgan fingerprint density at radius 2 is 1.78 bits per heavy atom. The van der Waals surface area contributed by atoms with Gasteiger partial charge in [0.1, 0.15) is 0 Å². The van der Waals surface area contributed by atoms with Gasteiger partial charge in [0.15, 0.2) is 11.5 Å². The van der Waals surface area contributed by atoms with Crippen molar-refractivity contribution in [2.45, 2.75) is 30.6 Å². The maximum absolute atomic E-state index is 12.4. The highest BCUT2D eigenvalue weighted by atomic mass is 32.2. The standard InChI is InChI=1S/C18H29N3O5S/c1-25-16-7-6-15(14-17(16)26-2)27(23,24)20-9-8-18(22)19-10-13-21-11-4-3-5-12-21/h6-7,14,20H,3-5,8-13H2,1-2H3,(H,19,22). The molecule has 27 heavy (non-hydrogen) atoms. The molecule has 1 aliphatic rings. The quantitative estimate of drug-likeness (QED) is 0.609. The van der Waals surface area contributed by atoms with Gasteiger partial charge in [-0.05, 0) is 38.1 Å². The zero-order chi connectivity index (χ0) is 19.7. The second kappa shape index (κ2) is 10.5. The first-order valence-electron chi connectivity index (χ1n) is 9.17. The van der Waals surface area contributed by atoms with Crippen molar-refractivity contribution in [3.8, 4) is 11.5 Å². The monoisotopic (exact) mass is 399 g/mol. The van der Waals surface area contributed by atoms with Crippen molar-refractivity contribution in [2.24, 2.45) is 0 Å². The van der Waals surface area contributed by atoms with Gasteiger partial charge in [0.25, 0.3) is 0 Å². The minimum Gasteiger partial charge on any atom is -0.493 e. The normalized spacial score (nSPS) is 15.3. The first-order valence-corrected chi connectivity index (χ1v) is 10.7. The third-order valence-corrected chi connectivity index (χ3v) is 5.97. The van der Waals surface area contributed by atoms with Crippen molar-refractivity contribution >= 4 is 15.9 Å². The number of rotatable bonds is 10. The number of piperidine rings is 1. The van der Waals surface area contributed by atoms with Crippen molar-refractivity contribution in [3.05, 3.63) is 18.2 Å². The van der Waals surface area contributed by atoms with E-state index in [1.807, 2.05) is 0 Å². The molecule has 1 aliphatic heterocycles. The minimum atomic E-state index is -3.72. The summed E-state index contributed by atoms with van der Waals surface area (Å²) in [5, 5.41) is 2.84. The topological polar surface area (TPSA) is 97.0 Å². The zero-order valence-electron chi connectivity index (χ0n) is 16.0. The third kappa shape index (κ3) is 6.67. The maximum Gasteiger partial charge on any atom is 0.240 e. The summed E-state index contributed by atoms with van der Waals surface area (Å²) in [6.45, 7) is 3.62. The van der Waals surface area contributed by atoms with Crippen molar-refractivity contribution in [1.82, 2.24) is 14.9 Å². The van der Waals surface area contributed by atoms with Crippen LogP contribution in [0.2, 0.25) is 0 Å². The molecule has 2 rings (SSSR count). The lowest BCUT2D eigenvalue weighted by molar-refractivity contribution is -0.121. The molecule has 0 aliphatic carbocycles. The van der Waals surface area contributed by atoms with Crippen LogP contribution in [0.5, 0.6) is 11.5 Å². The van der Waals surface area contributed by atoms with E-state index in [-0.39, 0.29) is 23.8 Å². The highest BCUT2D eigenvalue weighted by molar-refractivity contribution is 7.89. The summed E-state index contributed by atoms with van der Waals surface area (Å²) in [4.78, 5) is 14.3. The summed E-state index contributed by atoms with van der Waals surface area (Å²) < 4.78 is 37.4. The Balaban J connectivity index is 1.75. The molecule has 1 amide bonds. The number of hydrogen-bond donors (Lipinski definition) is 2. The molecule has 1 aromatic carbocycles. The Morgan fingerprint density at radius 3 is 2.44 bits per heavy atom. The number of nitrogens with zero attached hydrogens (tertiary/aromatic N) is 1. The molecule has 0 spiro atoms. The molecule has 1 heterocycles. The van der Waals surface area contributed by atoms with Gasteiger partial charge in [-0.1, -0.05) is 6.42 Å². The van der Waals surface area contributed by atoms with Gasteiger partial charge < -0.3 is 19.7 Å². The van der Waals surface area contributed by atoms with Gasteiger partial charge >= 0.3 is 0 Å². The van der Waals surface area contributed by atoms with E-state index in [2.05, 4.69) is 14.9 Å². The number of methoxy groups -OCH3 is 2. The molecular weight excluding hydrogens is 370 g/mol. The number of amides is 1. The largest absolute Gasteiger partial charge is 0.493 e. The second-order valence-electron chi connectivity index (χ2n) is 6.42. The van der Waals surface area contributed by atoms with E-state index in [4.69, 9.17) is 9.47 Å². The highest BCUT2D eigenvalue weighted by Gasteiger charge is 2.17. The minimum absolute atomic E-state index is 0.0340. The highest BCUT2D eigenvalue weighted by Crippen LogP contribution is 2.29. The Hall–Kier alpha value is -1.84. The summed E-state index contributed by atoms with van der Waals surface area (Å²) in [6, 6.07) is 4.35. The molecule has 1 aromatic rings. The van der Waals surface area contributed by atoms with Gasteiger partial charge in [-0.2, -0.15) is 0 Å². The van der Waals surface area contributed by atoms with Crippen LogP contribution in [0.4, 0.5) is 0 Å². The summed E-state index contributed by atoms with van der Waals surface area (Å²) in [5.41, 5.74) is 0. The van der Waals surface area contributed by atoms with E-state index in [0.717, 1.165) is 19.6 Å². The second-order valence-corrected chi connectivity index (χ2v) is 8.18. The van der Waals surface area contributed by atoms with Crippen molar-refractivity contribution in [3.63, 3.8) is 0 Å². The van der Waals surface area contributed by atoms with Crippen LogP contribution in [0.15, 0.2) is 23.1 Å². The van der Waals surface area contributed by atoms with E-state index >= 15 is 0 Å². The predicted octanol–water partition coefficient (Wildman–Crippen LogP) is 0.974. The van der Waals surface area contributed by atoms with Crippen molar-refractivity contribution in [2.75, 3.05) is 46.9 Å². The third-order valence-electron chi connectivity index (χ3n) is 4.51.